The van der Waals surface area contributed by atoms with E-state index < -0.39 is 15.9 Å². The van der Waals surface area contributed by atoms with Gasteiger partial charge in [0.2, 0.25) is 10.0 Å². The third-order valence-corrected chi connectivity index (χ3v) is 5.19. The predicted octanol–water partition coefficient (Wildman–Crippen LogP) is 3.64. The Labute approximate surface area is 157 Å². The third kappa shape index (κ3) is 4.52. The average Bonchev–Trinajstić information content (AvgIpc) is 2.70. The molecule has 0 aromatic heterocycles. The number of sulfonamides is 1. The predicted molar refractivity (Wildman–Crippen MR) is 104 cm³/mol. The Balaban J connectivity index is 1.84. The minimum Gasteiger partial charge on any atom is -0.455 e. The number of amides is 1. The van der Waals surface area contributed by atoms with Crippen molar-refractivity contribution < 1.29 is 17.9 Å². The van der Waals surface area contributed by atoms with Crippen molar-refractivity contribution >= 4 is 21.6 Å². The van der Waals surface area contributed by atoms with E-state index in [1.807, 2.05) is 30.3 Å². The van der Waals surface area contributed by atoms with Crippen LogP contribution in [0.2, 0.25) is 0 Å². The largest absolute Gasteiger partial charge is 0.455 e. The lowest BCUT2D eigenvalue weighted by molar-refractivity contribution is 0.102. The first-order valence-corrected chi connectivity index (χ1v) is 9.65. The second-order valence-corrected chi connectivity index (χ2v) is 7.49. The summed E-state index contributed by atoms with van der Waals surface area (Å²) in [5.74, 6) is 0.685. The van der Waals surface area contributed by atoms with Gasteiger partial charge in [0.05, 0.1) is 10.6 Å². The molecule has 3 rings (SSSR count). The van der Waals surface area contributed by atoms with E-state index in [0.29, 0.717) is 17.2 Å². The minimum absolute atomic E-state index is 0.0199. The summed E-state index contributed by atoms with van der Waals surface area (Å²) in [6.07, 6.45) is 0. The van der Waals surface area contributed by atoms with Crippen LogP contribution in [0.3, 0.4) is 0 Å². The molecule has 0 aliphatic heterocycles. The first-order chi connectivity index (χ1) is 13.0. The molecular formula is C20H18N2O4S. The first kappa shape index (κ1) is 18.6. The van der Waals surface area contributed by atoms with E-state index in [1.54, 1.807) is 30.3 Å². The SMILES string of the molecule is CNS(=O)(=O)c1cccc(C(=O)Nc2ccccc2Oc2ccccc2)c1. The van der Waals surface area contributed by atoms with Crippen LogP contribution in [0.15, 0.2) is 83.8 Å². The number of hydrogen-bond acceptors (Lipinski definition) is 4. The third-order valence-electron chi connectivity index (χ3n) is 3.78. The van der Waals surface area contributed by atoms with Crippen molar-refractivity contribution in [1.29, 1.82) is 0 Å². The minimum atomic E-state index is -3.63. The van der Waals surface area contributed by atoms with Crippen molar-refractivity contribution in [3.63, 3.8) is 0 Å². The molecule has 138 valence electrons. The van der Waals surface area contributed by atoms with Crippen LogP contribution >= 0.6 is 0 Å². The zero-order valence-corrected chi connectivity index (χ0v) is 15.4. The van der Waals surface area contributed by atoms with Gasteiger partial charge in [-0.05, 0) is 49.5 Å². The van der Waals surface area contributed by atoms with Crippen LogP contribution in [0.5, 0.6) is 11.5 Å². The molecule has 0 spiro atoms. The number of carbonyl (C=O) groups excluding carboxylic acids is 1. The van der Waals surface area contributed by atoms with Crippen molar-refractivity contribution in [2.45, 2.75) is 4.90 Å². The van der Waals surface area contributed by atoms with Gasteiger partial charge in [-0.25, -0.2) is 13.1 Å². The molecule has 0 saturated heterocycles. The molecule has 0 radical (unpaired) electrons. The molecule has 0 aliphatic carbocycles. The number of para-hydroxylation sites is 3. The van der Waals surface area contributed by atoms with Crippen molar-refractivity contribution in [2.24, 2.45) is 0 Å². The Morgan fingerprint density at radius 3 is 2.33 bits per heavy atom. The van der Waals surface area contributed by atoms with Gasteiger partial charge in [0.25, 0.3) is 5.91 Å². The molecule has 0 bridgehead atoms. The Morgan fingerprint density at radius 1 is 0.889 bits per heavy atom. The number of benzene rings is 3. The zero-order valence-electron chi connectivity index (χ0n) is 14.5. The first-order valence-electron chi connectivity index (χ1n) is 8.16. The van der Waals surface area contributed by atoms with E-state index in [1.165, 1.54) is 25.2 Å². The summed E-state index contributed by atoms with van der Waals surface area (Å²) in [5, 5.41) is 2.76. The lowest BCUT2D eigenvalue weighted by atomic mass is 10.2. The second-order valence-electron chi connectivity index (χ2n) is 5.60. The fraction of sp³-hybridized carbons (Fsp3) is 0.0500. The van der Waals surface area contributed by atoms with E-state index in [0.717, 1.165) is 0 Å². The van der Waals surface area contributed by atoms with E-state index in [4.69, 9.17) is 4.74 Å². The van der Waals surface area contributed by atoms with Gasteiger partial charge in [0.15, 0.2) is 5.75 Å². The van der Waals surface area contributed by atoms with Crippen LogP contribution in [0.1, 0.15) is 10.4 Å². The van der Waals surface area contributed by atoms with Gasteiger partial charge in [0, 0.05) is 5.56 Å². The molecule has 7 heteroatoms. The fourth-order valence-electron chi connectivity index (χ4n) is 2.39. The molecule has 2 N–H and O–H groups in total. The summed E-state index contributed by atoms with van der Waals surface area (Å²) in [5.41, 5.74) is 0.703. The number of anilines is 1. The lowest BCUT2D eigenvalue weighted by Crippen LogP contribution is -2.19. The van der Waals surface area contributed by atoms with Crippen LogP contribution < -0.4 is 14.8 Å². The Bertz CT molecular complexity index is 1050. The molecule has 0 aliphatic rings. The van der Waals surface area contributed by atoms with Crippen LogP contribution in [-0.2, 0) is 10.0 Å². The van der Waals surface area contributed by atoms with Gasteiger partial charge in [-0.1, -0.05) is 36.4 Å². The van der Waals surface area contributed by atoms with Crippen molar-refractivity contribution in [3.05, 3.63) is 84.4 Å². The summed E-state index contributed by atoms with van der Waals surface area (Å²) >= 11 is 0. The molecule has 1 amide bonds. The number of hydrogen-bond donors (Lipinski definition) is 2. The number of rotatable bonds is 6. The molecule has 0 saturated carbocycles. The maximum Gasteiger partial charge on any atom is 0.255 e. The zero-order chi connectivity index (χ0) is 19.3. The monoisotopic (exact) mass is 382 g/mol. The molecule has 0 atom stereocenters. The Morgan fingerprint density at radius 2 is 1.59 bits per heavy atom. The fourth-order valence-corrected chi connectivity index (χ4v) is 3.17. The summed E-state index contributed by atoms with van der Waals surface area (Å²) < 4.78 is 31.9. The summed E-state index contributed by atoms with van der Waals surface area (Å²) in [4.78, 5) is 12.6. The van der Waals surface area contributed by atoms with Crippen LogP contribution in [0.25, 0.3) is 0 Å². The van der Waals surface area contributed by atoms with E-state index in [2.05, 4.69) is 10.0 Å². The van der Waals surface area contributed by atoms with Gasteiger partial charge in [-0.3, -0.25) is 4.79 Å². The number of ether oxygens (including phenoxy) is 1. The summed E-state index contributed by atoms with van der Waals surface area (Å²) in [7, 11) is -2.31. The Kier molecular flexibility index (Phi) is 5.54. The van der Waals surface area contributed by atoms with Gasteiger partial charge in [0.1, 0.15) is 5.75 Å². The maximum atomic E-state index is 12.6. The quantitative estimate of drug-likeness (QED) is 0.682. The molecule has 27 heavy (non-hydrogen) atoms. The average molecular weight is 382 g/mol. The van der Waals surface area contributed by atoms with Crippen LogP contribution in [0, 0.1) is 0 Å². The van der Waals surface area contributed by atoms with E-state index in [-0.39, 0.29) is 10.5 Å². The van der Waals surface area contributed by atoms with Gasteiger partial charge < -0.3 is 10.1 Å². The van der Waals surface area contributed by atoms with Crippen molar-refractivity contribution in [3.8, 4) is 11.5 Å². The van der Waals surface area contributed by atoms with E-state index >= 15 is 0 Å². The molecule has 0 fully saturated rings. The summed E-state index contributed by atoms with van der Waals surface area (Å²) in [6, 6.07) is 22.0. The molecule has 6 nitrogen and oxygen atoms in total. The topological polar surface area (TPSA) is 84.5 Å². The van der Waals surface area contributed by atoms with Gasteiger partial charge in [-0.2, -0.15) is 0 Å². The van der Waals surface area contributed by atoms with Gasteiger partial charge >= 0.3 is 0 Å². The van der Waals surface area contributed by atoms with Crippen LogP contribution in [0.4, 0.5) is 5.69 Å². The standard InChI is InChI=1S/C20H18N2O4S/c1-21-27(24,25)17-11-7-8-15(14-17)20(23)22-18-12-5-6-13-19(18)26-16-9-3-2-4-10-16/h2-14,21H,1H3,(H,22,23). The van der Waals surface area contributed by atoms with Crippen LogP contribution in [-0.4, -0.2) is 21.4 Å². The smallest absolute Gasteiger partial charge is 0.255 e. The second kappa shape index (κ2) is 8.03. The van der Waals surface area contributed by atoms with Gasteiger partial charge in [-0.15, -0.1) is 0 Å². The molecule has 0 heterocycles. The number of carbonyl (C=O) groups is 1. The maximum absolute atomic E-state index is 12.6. The number of nitrogens with one attached hydrogen (secondary N) is 2. The highest BCUT2D eigenvalue weighted by Crippen LogP contribution is 2.29. The van der Waals surface area contributed by atoms with Crippen molar-refractivity contribution in [2.75, 3.05) is 12.4 Å². The highest BCUT2D eigenvalue weighted by molar-refractivity contribution is 7.89. The highest BCUT2D eigenvalue weighted by Gasteiger charge is 2.15. The molecule has 3 aromatic carbocycles. The molecular weight excluding hydrogens is 364 g/mol. The molecule has 3 aromatic rings. The lowest BCUT2D eigenvalue weighted by Gasteiger charge is -2.12. The Hall–Kier alpha value is -3.16. The van der Waals surface area contributed by atoms with Crippen molar-refractivity contribution in [1.82, 2.24) is 4.72 Å². The molecule has 0 unspecified atom stereocenters. The summed E-state index contributed by atoms with van der Waals surface area (Å²) in [6.45, 7) is 0. The normalized spacial score (nSPS) is 11.0. The van der Waals surface area contributed by atoms with E-state index in [9.17, 15) is 13.2 Å². The highest BCUT2D eigenvalue weighted by atomic mass is 32.2.